The van der Waals surface area contributed by atoms with Gasteiger partial charge in [0.25, 0.3) is 5.89 Å². The second kappa shape index (κ2) is 5.30. The van der Waals surface area contributed by atoms with Crippen molar-refractivity contribution in [2.75, 3.05) is 5.73 Å². The minimum Gasteiger partial charge on any atom is -0.398 e. The first-order chi connectivity index (χ1) is 9.72. The van der Waals surface area contributed by atoms with E-state index in [9.17, 15) is 0 Å². The number of nitrogens with two attached hydrogens (primary N) is 1. The van der Waals surface area contributed by atoms with E-state index in [0.717, 1.165) is 11.3 Å². The third-order valence-electron chi connectivity index (χ3n) is 2.78. The van der Waals surface area contributed by atoms with Gasteiger partial charge in [-0.15, -0.1) is 0 Å². The van der Waals surface area contributed by atoms with Crippen LogP contribution in [0.1, 0.15) is 11.5 Å². The van der Waals surface area contributed by atoms with Crippen molar-refractivity contribution >= 4 is 17.3 Å². The molecule has 0 amide bonds. The fourth-order valence-electron chi connectivity index (χ4n) is 1.78. The Morgan fingerprint density at radius 3 is 2.85 bits per heavy atom. The average Bonchev–Trinajstić information content (AvgIpc) is 2.91. The molecule has 2 N–H and O–H groups in total. The van der Waals surface area contributed by atoms with Gasteiger partial charge in [-0.3, -0.25) is 4.98 Å². The van der Waals surface area contributed by atoms with Crippen molar-refractivity contribution in [2.45, 2.75) is 6.42 Å². The van der Waals surface area contributed by atoms with E-state index in [-0.39, 0.29) is 0 Å². The summed E-state index contributed by atoms with van der Waals surface area (Å²) in [5.41, 5.74) is 7.86. The Morgan fingerprint density at radius 1 is 1.20 bits per heavy atom. The first-order valence-electron chi connectivity index (χ1n) is 6.00. The molecule has 1 aromatic carbocycles. The number of aromatic nitrogens is 3. The molecule has 2 heterocycles. The summed E-state index contributed by atoms with van der Waals surface area (Å²) in [4.78, 5) is 8.55. The number of hydrogen-bond acceptors (Lipinski definition) is 5. The normalized spacial score (nSPS) is 10.7. The number of benzene rings is 1. The highest BCUT2D eigenvalue weighted by Gasteiger charge is 2.11. The first kappa shape index (κ1) is 12.6. The van der Waals surface area contributed by atoms with Gasteiger partial charge >= 0.3 is 0 Å². The zero-order valence-electron chi connectivity index (χ0n) is 10.5. The minimum absolute atomic E-state index is 0.416. The lowest BCUT2D eigenvalue weighted by Crippen LogP contribution is -1.93. The molecule has 0 fully saturated rings. The first-order valence-corrected chi connectivity index (χ1v) is 6.38. The molecule has 5 nitrogen and oxygen atoms in total. The number of hydrogen-bond donors (Lipinski definition) is 1. The van der Waals surface area contributed by atoms with Crippen molar-refractivity contribution in [2.24, 2.45) is 0 Å². The van der Waals surface area contributed by atoms with Crippen LogP contribution in [-0.4, -0.2) is 15.1 Å². The average molecular weight is 287 g/mol. The molecule has 0 bridgehead atoms. The van der Waals surface area contributed by atoms with Crippen LogP contribution in [0.5, 0.6) is 0 Å². The van der Waals surface area contributed by atoms with Crippen LogP contribution < -0.4 is 5.73 Å². The SMILES string of the molecule is Nc1cc(-c2nc(Cc3ccccn3)no2)ccc1Cl. The van der Waals surface area contributed by atoms with Crippen LogP contribution in [-0.2, 0) is 6.42 Å². The smallest absolute Gasteiger partial charge is 0.258 e. The largest absolute Gasteiger partial charge is 0.398 e. The lowest BCUT2D eigenvalue weighted by molar-refractivity contribution is 0.423. The van der Waals surface area contributed by atoms with E-state index in [1.54, 1.807) is 24.4 Å². The van der Waals surface area contributed by atoms with E-state index >= 15 is 0 Å². The van der Waals surface area contributed by atoms with Crippen molar-refractivity contribution in [3.63, 3.8) is 0 Å². The van der Waals surface area contributed by atoms with Crippen LogP contribution in [0.3, 0.4) is 0 Å². The molecule has 20 heavy (non-hydrogen) atoms. The van der Waals surface area contributed by atoms with Crippen molar-refractivity contribution < 1.29 is 4.52 Å². The molecule has 0 unspecified atom stereocenters. The van der Waals surface area contributed by atoms with Crippen LogP contribution in [0.2, 0.25) is 5.02 Å². The van der Waals surface area contributed by atoms with Crippen molar-refractivity contribution in [3.8, 4) is 11.5 Å². The van der Waals surface area contributed by atoms with Crippen LogP contribution in [0, 0.1) is 0 Å². The maximum absolute atomic E-state index is 5.88. The summed E-state index contributed by atoms with van der Waals surface area (Å²) in [6.45, 7) is 0. The number of pyridine rings is 1. The van der Waals surface area contributed by atoms with Gasteiger partial charge in [-0.25, -0.2) is 0 Å². The second-order valence-electron chi connectivity index (χ2n) is 4.25. The summed E-state index contributed by atoms with van der Waals surface area (Å²) >= 11 is 5.88. The summed E-state index contributed by atoms with van der Waals surface area (Å²) < 4.78 is 5.23. The van der Waals surface area contributed by atoms with Gasteiger partial charge in [-0.2, -0.15) is 4.98 Å². The van der Waals surface area contributed by atoms with E-state index in [1.165, 1.54) is 0 Å². The zero-order valence-corrected chi connectivity index (χ0v) is 11.2. The molecule has 0 aliphatic rings. The van der Waals surface area contributed by atoms with Crippen LogP contribution in [0.15, 0.2) is 47.1 Å². The molecule has 0 saturated carbocycles. The Bertz CT molecular complexity index is 727. The summed E-state index contributed by atoms with van der Waals surface area (Å²) in [7, 11) is 0. The lowest BCUT2D eigenvalue weighted by atomic mass is 10.2. The van der Waals surface area contributed by atoms with E-state index < -0.39 is 0 Å². The third kappa shape index (κ3) is 2.62. The van der Waals surface area contributed by atoms with E-state index in [1.807, 2.05) is 18.2 Å². The topological polar surface area (TPSA) is 77.8 Å². The Kier molecular flexibility index (Phi) is 3.35. The van der Waals surface area contributed by atoms with Gasteiger partial charge in [0.05, 0.1) is 17.1 Å². The number of anilines is 1. The predicted octanol–water partition coefficient (Wildman–Crippen LogP) is 2.96. The highest BCUT2D eigenvalue weighted by Crippen LogP contribution is 2.25. The van der Waals surface area contributed by atoms with Crippen molar-refractivity contribution in [3.05, 3.63) is 59.1 Å². The monoisotopic (exact) mass is 286 g/mol. The fourth-order valence-corrected chi connectivity index (χ4v) is 1.90. The Hall–Kier alpha value is -2.40. The lowest BCUT2D eigenvalue weighted by Gasteiger charge is -1.98. The highest BCUT2D eigenvalue weighted by atomic mass is 35.5. The molecule has 100 valence electrons. The summed E-state index contributed by atoms with van der Waals surface area (Å²) in [5.74, 6) is 0.992. The number of nitrogens with zero attached hydrogens (tertiary/aromatic N) is 3. The van der Waals surface area contributed by atoms with Crippen molar-refractivity contribution in [1.29, 1.82) is 0 Å². The highest BCUT2D eigenvalue weighted by molar-refractivity contribution is 6.33. The maximum Gasteiger partial charge on any atom is 0.258 e. The standard InChI is InChI=1S/C14H11ClN4O/c15-11-5-4-9(7-12(11)16)14-18-13(19-20-14)8-10-3-1-2-6-17-10/h1-7H,8,16H2. The number of halogens is 1. The molecule has 0 aliphatic carbocycles. The summed E-state index contributed by atoms with van der Waals surface area (Å²) in [6.07, 6.45) is 2.25. The van der Waals surface area contributed by atoms with E-state index in [4.69, 9.17) is 21.9 Å². The van der Waals surface area contributed by atoms with E-state index in [2.05, 4.69) is 15.1 Å². The molecule has 0 atom stereocenters. The predicted molar refractivity (Wildman–Crippen MR) is 76.2 cm³/mol. The molecule has 6 heteroatoms. The molecule has 3 rings (SSSR count). The molecule has 0 radical (unpaired) electrons. The fraction of sp³-hybridized carbons (Fsp3) is 0.0714. The molecule has 2 aromatic heterocycles. The Balaban J connectivity index is 1.84. The second-order valence-corrected chi connectivity index (χ2v) is 4.66. The van der Waals surface area contributed by atoms with Crippen LogP contribution in [0.4, 0.5) is 5.69 Å². The number of nitrogen functional groups attached to an aromatic ring is 1. The number of rotatable bonds is 3. The quantitative estimate of drug-likeness (QED) is 0.749. The third-order valence-corrected chi connectivity index (χ3v) is 3.12. The summed E-state index contributed by atoms with van der Waals surface area (Å²) in [5, 5.41) is 4.44. The molecule has 0 saturated heterocycles. The maximum atomic E-state index is 5.88. The van der Waals surface area contributed by atoms with Gasteiger partial charge in [0.15, 0.2) is 5.82 Å². The van der Waals surface area contributed by atoms with Gasteiger partial charge in [0.2, 0.25) is 0 Å². The molecule has 0 aliphatic heterocycles. The molecular formula is C14H11ClN4O. The molecule has 3 aromatic rings. The van der Waals surface area contributed by atoms with Gasteiger partial charge in [-0.1, -0.05) is 22.8 Å². The Morgan fingerprint density at radius 2 is 2.10 bits per heavy atom. The summed E-state index contributed by atoms with van der Waals surface area (Å²) in [6, 6.07) is 10.9. The van der Waals surface area contributed by atoms with Gasteiger partial charge in [0.1, 0.15) is 0 Å². The van der Waals surface area contributed by atoms with Crippen LogP contribution in [0.25, 0.3) is 11.5 Å². The zero-order chi connectivity index (χ0) is 13.9. The van der Waals surface area contributed by atoms with Gasteiger partial charge in [0, 0.05) is 17.5 Å². The van der Waals surface area contributed by atoms with E-state index in [0.29, 0.717) is 28.8 Å². The van der Waals surface area contributed by atoms with Crippen molar-refractivity contribution in [1.82, 2.24) is 15.1 Å². The van der Waals surface area contributed by atoms with Gasteiger partial charge in [-0.05, 0) is 30.3 Å². The van der Waals surface area contributed by atoms with Crippen LogP contribution >= 0.6 is 11.6 Å². The molecular weight excluding hydrogens is 276 g/mol. The van der Waals surface area contributed by atoms with Gasteiger partial charge < -0.3 is 10.3 Å². The Labute approximate surface area is 120 Å². The molecule has 0 spiro atoms. The minimum atomic E-state index is 0.416.